The Hall–Kier alpha value is -3.22. The van der Waals surface area contributed by atoms with Gasteiger partial charge in [-0.3, -0.25) is 14.6 Å². The van der Waals surface area contributed by atoms with Gasteiger partial charge in [0.1, 0.15) is 6.42 Å². The molecule has 136 valence electrons. The van der Waals surface area contributed by atoms with Gasteiger partial charge in [-0.25, -0.2) is 4.79 Å². The first kappa shape index (κ1) is 19.1. The van der Waals surface area contributed by atoms with Gasteiger partial charge in [0.05, 0.1) is 18.4 Å². The molecule has 0 fully saturated rings. The molecule has 0 spiro atoms. The van der Waals surface area contributed by atoms with E-state index in [1.807, 2.05) is 12.1 Å². The van der Waals surface area contributed by atoms with Crippen molar-refractivity contribution in [1.29, 1.82) is 0 Å². The summed E-state index contributed by atoms with van der Waals surface area (Å²) in [6.07, 6.45) is 3.77. The number of amides is 2. The molecule has 7 heteroatoms. The summed E-state index contributed by atoms with van der Waals surface area (Å²) < 4.78 is 4.68. The van der Waals surface area contributed by atoms with E-state index in [0.29, 0.717) is 18.7 Å². The van der Waals surface area contributed by atoms with E-state index in [1.165, 1.54) is 12.0 Å². The van der Waals surface area contributed by atoms with Gasteiger partial charge in [-0.1, -0.05) is 12.1 Å². The van der Waals surface area contributed by atoms with E-state index in [-0.39, 0.29) is 17.9 Å². The number of ether oxygens (including phenoxy) is 1. The summed E-state index contributed by atoms with van der Waals surface area (Å²) in [5.41, 5.74) is 1.62. The number of nitrogens with one attached hydrogen (secondary N) is 1. The quantitative estimate of drug-likeness (QED) is 0.605. The Balaban J connectivity index is 1.89. The maximum atomic E-state index is 12.2. The lowest BCUT2D eigenvalue weighted by atomic mass is 10.1. The van der Waals surface area contributed by atoms with Crippen LogP contribution in [0.4, 0.5) is 5.69 Å². The first-order valence-electron chi connectivity index (χ1n) is 8.11. The third-order valence-corrected chi connectivity index (χ3v) is 3.83. The summed E-state index contributed by atoms with van der Waals surface area (Å²) in [6.45, 7) is 0.495. The molecule has 0 unspecified atom stereocenters. The molecule has 0 atom stereocenters. The molecule has 0 saturated carbocycles. The molecular weight excluding hydrogens is 334 g/mol. The van der Waals surface area contributed by atoms with Gasteiger partial charge in [-0.2, -0.15) is 0 Å². The van der Waals surface area contributed by atoms with Crippen LogP contribution >= 0.6 is 0 Å². The highest BCUT2D eigenvalue weighted by atomic mass is 16.5. The fourth-order valence-corrected chi connectivity index (χ4v) is 2.32. The number of para-hydroxylation sites is 1. The Morgan fingerprint density at radius 3 is 2.50 bits per heavy atom. The monoisotopic (exact) mass is 355 g/mol. The van der Waals surface area contributed by atoms with Crippen molar-refractivity contribution in [3.63, 3.8) is 0 Å². The molecule has 2 amide bonds. The minimum absolute atomic E-state index is 0.238. The summed E-state index contributed by atoms with van der Waals surface area (Å²) in [4.78, 5) is 41.5. The minimum atomic E-state index is -0.554. The van der Waals surface area contributed by atoms with Crippen LogP contribution in [0, 0.1) is 0 Å². The van der Waals surface area contributed by atoms with Crippen molar-refractivity contribution in [2.75, 3.05) is 26.0 Å². The van der Waals surface area contributed by atoms with Crippen LogP contribution in [0.25, 0.3) is 0 Å². The van der Waals surface area contributed by atoms with E-state index in [0.717, 1.165) is 5.56 Å². The van der Waals surface area contributed by atoms with Crippen LogP contribution in [0.5, 0.6) is 0 Å². The highest BCUT2D eigenvalue weighted by Gasteiger charge is 2.17. The Morgan fingerprint density at radius 1 is 1.12 bits per heavy atom. The van der Waals surface area contributed by atoms with Crippen molar-refractivity contribution in [3.05, 3.63) is 59.9 Å². The molecule has 0 radical (unpaired) electrons. The molecule has 1 aromatic heterocycles. The van der Waals surface area contributed by atoms with Gasteiger partial charge >= 0.3 is 5.97 Å². The van der Waals surface area contributed by atoms with E-state index in [9.17, 15) is 14.4 Å². The van der Waals surface area contributed by atoms with Crippen molar-refractivity contribution < 1.29 is 19.1 Å². The highest BCUT2D eigenvalue weighted by molar-refractivity contribution is 6.06. The summed E-state index contributed by atoms with van der Waals surface area (Å²) in [6, 6.07) is 10.3. The van der Waals surface area contributed by atoms with Gasteiger partial charge in [-0.15, -0.1) is 0 Å². The molecule has 0 aliphatic heterocycles. The number of carbonyl (C=O) groups excluding carboxylic acids is 3. The summed E-state index contributed by atoms with van der Waals surface area (Å²) in [5, 5.41) is 2.59. The van der Waals surface area contributed by atoms with Gasteiger partial charge in [0, 0.05) is 26.0 Å². The fraction of sp³-hybridized carbons (Fsp3) is 0.263. The summed E-state index contributed by atoms with van der Waals surface area (Å²) >= 11 is 0. The molecule has 0 bridgehead atoms. The number of pyridine rings is 1. The van der Waals surface area contributed by atoms with Crippen LogP contribution in [0.1, 0.15) is 22.3 Å². The number of methoxy groups -OCH3 is 1. The van der Waals surface area contributed by atoms with Crippen LogP contribution in [0.2, 0.25) is 0 Å². The van der Waals surface area contributed by atoms with Crippen LogP contribution in [-0.2, 0) is 20.7 Å². The van der Waals surface area contributed by atoms with Crippen LogP contribution in [0.15, 0.2) is 48.8 Å². The molecule has 26 heavy (non-hydrogen) atoms. The largest absolute Gasteiger partial charge is 0.465 e. The molecule has 0 aliphatic rings. The molecule has 2 aromatic rings. The lowest BCUT2D eigenvalue weighted by molar-refractivity contribution is -0.133. The fourth-order valence-electron chi connectivity index (χ4n) is 2.32. The Kier molecular flexibility index (Phi) is 6.84. The number of rotatable bonds is 7. The topological polar surface area (TPSA) is 88.6 Å². The zero-order valence-electron chi connectivity index (χ0n) is 14.8. The molecule has 0 saturated heterocycles. The number of carbonyl (C=O) groups is 3. The van der Waals surface area contributed by atoms with Crippen molar-refractivity contribution >= 4 is 23.5 Å². The Morgan fingerprint density at radius 2 is 1.81 bits per heavy atom. The molecule has 7 nitrogen and oxygen atoms in total. The zero-order chi connectivity index (χ0) is 18.9. The SMILES string of the molecule is COC(=O)c1ccccc1NC(=O)CC(=O)N(C)CCc1ccncc1. The van der Waals surface area contributed by atoms with Crippen molar-refractivity contribution in [1.82, 2.24) is 9.88 Å². The molecule has 2 rings (SSSR count). The van der Waals surface area contributed by atoms with Crippen LogP contribution in [-0.4, -0.2) is 48.4 Å². The minimum Gasteiger partial charge on any atom is -0.465 e. The van der Waals surface area contributed by atoms with Gasteiger partial charge in [0.2, 0.25) is 11.8 Å². The van der Waals surface area contributed by atoms with E-state index in [1.54, 1.807) is 43.7 Å². The number of hydrogen-bond donors (Lipinski definition) is 1. The predicted molar refractivity (Wildman–Crippen MR) is 96.6 cm³/mol. The first-order chi connectivity index (χ1) is 12.5. The number of anilines is 1. The molecular formula is C19H21N3O4. The lowest BCUT2D eigenvalue weighted by Crippen LogP contribution is -2.32. The van der Waals surface area contributed by atoms with E-state index < -0.39 is 11.9 Å². The van der Waals surface area contributed by atoms with Crippen LogP contribution in [0.3, 0.4) is 0 Å². The van der Waals surface area contributed by atoms with Crippen molar-refractivity contribution in [2.24, 2.45) is 0 Å². The maximum Gasteiger partial charge on any atom is 0.339 e. The second-order valence-electron chi connectivity index (χ2n) is 5.68. The van der Waals surface area contributed by atoms with Gasteiger partial charge in [-0.05, 0) is 36.2 Å². The van der Waals surface area contributed by atoms with E-state index >= 15 is 0 Å². The predicted octanol–water partition coefficient (Wildman–Crippen LogP) is 1.90. The number of esters is 1. The number of hydrogen-bond acceptors (Lipinski definition) is 5. The number of nitrogens with zero attached hydrogens (tertiary/aromatic N) is 2. The number of benzene rings is 1. The van der Waals surface area contributed by atoms with Gasteiger partial charge in [0.15, 0.2) is 0 Å². The van der Waals surface area contributed by atoms with E-state index in [4.69, 9.17) is 0 Å². The average molecular weight is 355 g/mol. The average Bonchev–Trinajstić information content (AvgIpc) is 2.66. The second kappa shape index (κ2) is 9.31. The highest BCUT2D eigenvalue weighted by Crippen LogP contribution is 2.16. The Bertz CT molecular complexity index is 777. The first-order valence-corrected chi connectivity index (χ1v) is 8.11. The zero-order valence-corrected chi connectivity index (χ0v) is 14.8. The smallest absolute Gasteiger partial charge is 0.339 e. The van der Waals surface area contributed by atoms with Crippen molar-refractivity contribution in [2.45, 2.75) is 12.8 Å². The van der Waals surface area contributed by atoms with Gasteiger partial charge in [0.25, 0.3) is 0 Å². The molecule has 1 N–H and O–H groups in total. The number of aromatic nitrogens is 1. The lowest BCUT2D eigenvalue weighted by Gasteiger charge is -2.17. The van der Waals surface area contributed by atoms with E-state index in [2.05, 4.69) is 15.0 Å². The maximum absolute atomic E-state index is 12.2. The third kappa shape index (κ3) is 5.41. The normalized spacial score (nSPS) is 10.1. The Labute approximate surface area is 152 Å². The molecule has 1 aromatic carbocycles. The number of likely N-dealkylation sites (N-methyl/N-ethyl adjacent to an activating group) is 1. The molecule has 0 aliphatic carbocycles. The third-order valence-electron chi connectivity index (χ3n) is 3.83. The summed E-state index contributed by atoms with van der Waals surface area (Å²) in [5.74, 6) is -1.34. The second-order valence-corrected chi connectivity index (χ2v) is 5.68. The van der Waals surface area contributed by atoms with Crippen molar-refractivity contribution in [3.8, 4) is 0 Å². The standard InChI is InChI=1S/C19H21N3O4/c1-22(12-9-14-7-10-20-11-8-14)18(24)13-17(23)21-16-6-4-3-5-15(16)19(25)26-2/h3-8,10-11H,9,12-13H2,1-2H3,(H,21,23). The summed E-state index contributed by atoms with van der Waals surface area (Å²) in [7, 11) is 2.92. The molecule has 1 heterocycles. The van der Waals surface area contributed by atoms with Gasteiger partial charge < -0.3 is 15.0 Å². The van der Waals surface area contributed by atoms with Crippen LogP contribution < -0.4 is 5.32 Å².